The Morgan fingerprint density at radius 3 is 2.55 bits per heavy atom. The summed E-state index contributed by atoms with van der Waals surface area (Å²) in [5.41, 5.74) is 3.28. The van der Waals surface area contributed by atoms with Gasteiger partial charge in [0, 0.05) is 10.8 Å². The fourth-order valence-corrected chi connectivity index (χ4v) is 5.07. The lowest BCUT2D eigenvalue weighted by atomic mass is 10.0. The standard InChI is InChI=1S/C32H20N2O3S/c33-18-24(16-21-10-13-25(14-11-21)36-19-22-6-2-1-3-7-22)31-34-29(20-38-31)28-17-27-26-9-5-4-8-23(26)12-15-30(27)37-32(28)35/h1-17,20H,19H2/b24-16-. The Labute approximate surface area is 222 Å². The van der Waals surface area contributed by atoms with E-state index in [0.29, 0.717) is 34.0 Å². The maximum Gasteiger partial charge on any atom is 0.345 e. The maximum atomic E-state index is 12.8. The van der Waals surface area contributed by atoms with E-state index in [0.717, 1.165) is 33.0 Å². The minimum absolute atomic E-state index is 0.369. The molecule has 0 aliphatic heterocycles. The van der Waals surface area contributed by atoms with E-state index in [1.54, 1.807) is 11.5 Å². The Balaban J connectivity index is 1.27. The second kappa shape index (κ2) is 10.2. The van der Waals surface area contributed by atoms with Gasteiger partial charge in [-0.2, -0.15) is 5.26 Å². The van der Waals surface area contributed by atoms with Gasteiger partial charge in [0.2, 0.25) is 0 Å². The molecule has 0 radical (unpaired) electrons. The summed E-state index contributed by atoms with van der Waals surface area (Å²) < 4.78 is 11.5. The van der Waals surface area contributed by atoms with Crippen LogP contribution in [0.3, 0.4) is 0 Å². The lowest BCUT2D eigenvalue weighted by Crippen LogP contribution is -2.03. The summed E-state index contributed by atoms with van der Waals surface area (Å²) in [7, 11) is 0. The van der Waals surface area contributed by atoms with Gasteiger partial charge in [-0.05, 0) is 52.2 Å². The van der Waals surface area contributed by atoms with Crippen LogP contribution in [-0.4, -0.2) is 4.98 Å². The molecular formula is C32H20N2O3S. The Morgan fingerprint density at radius 2 is 1.74 bits per heavy atom. The molecule has 0 fully saturated rings. The van der Waals surface area contributed by atoms with Crippen molar-refractivity contribution >= 4 is 44.7 Å². The molecule has 5 nitrogen and oxygen atoms in total. The topological polar surface area (TPSA) is 76.1 Å². The van der Waals surface area contributed by atoms with Crippen LogP contribution in [-0.2, 0) is 6.61 Å². The first-order chi connectivity index (χ1) is 18.7. The van der Waals surface area contributed by atoms with E-state index in [-0.39, 0.29) is 0 Å². The molecule has 6 aromatic rings. The van der Waals surface area contributed by atoms with E-state index in [9.17, 15) is 10.1 Å². The van der Waals surface area contributed by atoms with Crippen molar-refractivity contribution in [1.29, 1.82) is 5.26 Å². The molecule has 0 spiro atoms. The first-order valence-corrected chi connectivity index (χ1v) is 12.9. The number of nitriles is 1. The molecule has 6 rings (SSSR count). The summed E-state index contributed by atoms with van der Waals surface area (Å²) in [5.74, 6) is 0.747. The molecule has 6 heteroatoms. The number of nitrogens with zero attached hydrogens (tertiary/aromatic N) is 2. The summed E-state index contributed by atoms with van der Waals surface area (Å²) in [5, 5.41) is 15.1. The minimum Gasteiger partial charge on any atom is -0.489 e. The van der Waals surface area contributed by atoms with Gasteiger partial charge in [-0.3, -0.25) is 0 Å². The van der Waals surface area contributed by atoms with Crippen LogP contribution in [0.1, 0.15) is 16.1 Å². The fraction of sp³-hybridized carbons (Fsp3) is 0.0312. The third-order valence-electron chi connectivity index (χ3n) is 6.21. The summed E-state index contributed by atoms with van der Waals surface area (Å²) in [6, 6.07) is 33.3. The highest BCUT2D eigenvalue weighted by atomic mass is 32.1. The molecule has 0 saturated carbocycles. The zero-order valence-electron chi connectivity index (χ0n) is 20.1. The molecule has 0 aliphatic rings. The lowest BCUT2D eigenvalue weighted by Gasteiger charge is -2.06. The molecule has 0 unspecified atom stereocenters. The van der Waals surface area contributed by atoms with Crippen LogP contribution in [0.2, 0.25) is 0 Å². The molecule has 182 valence electrons. The predicted octanol–water partition coefficient (Wildman–Crippen LogP) is 7.71. The Hall–Kier alpha value is -4.99. The number of hydrogen-bond donors (Lipinski definition) is 0. The van der Waals surface area contributed by atoms with Crippen molar-refractivity contribution in [1.82, 2.24) is 4.98 Å². The molecule has 0 atom stereocenters. The first-order valence-electron chi connectivity index (χ1n) is 12.0. The zero-order chi connectivity index (χ0) is 25.9. The van der Waals surface area contributed by atoms with Crippen LogP contribution in [0.25, 0.3) is 44.6 Å². The number of benzene rings is 4. The smallest absolute Gasteiger partial charge is 0.345 e. The van der Waals surface area contributed by atoms with Crippen molar-refractivity contribution in [3.8, 4) is 23.1 Å². The fourth-order valence-electron chi connectivity index (χ4n) is 4.28. The van der Waals surface area contributed by atoms with Gasteiger partial charge in [0.1, 0.15) is 29.0 Å². The third kappa shape index (κ3) is 4.71. The number of rotatable bonds is 6. The minimum atomic E-state index is -0.460. The van der Waals surface area contributed by atoms with Crippen LogP contribution < -0.4 is 10.4 Å². The number of aromatic nitrogens is 1. The number of thiazole rings is 1. The van der Waals surface area contributed by atoms with E-state index in [2.05, 4.69) is 11.1 Å². The van der Waals surface area contributed by atoms with E-state index in [1.807, 2.05) is 97.1 Å². The third-order valence-corrected chi connectivity index (χ3v) is 7.09. The van der Waals surface area contributed by atoms with Gasteiger partial charge < -0.3 is 9.15 Å². The van der Waals surface area contributed by atoms with Crippen molar-refractivity contribution in [3.63, 3.8) is 0 Å². The lowest BCUT2D eigenvalue weighted by molar-refractivity contribution is 0.306. The maximum absolute atomic E-state index is 12.8. The second-order valence-electron chi connectivity index (χ2n) is 8.70. The molecule has 4 aromatic carbocycles. The summed E-state index contributed by atoms with van der Waals surface area (Å²) in [6.45, 7) is 0.486. The molecule has 2 aromatic heterocycles. The average molecular weight is 513 g/mol. The molecular weight excluding hydrogens is 492 g/mol. The molecule has 0 aliphatic carbocycles. The number of ether oxygens (including phenoxy) is 1. The molecule has 0 bridgehead atoms. The number of fused-ring (bicyclic) bond motifs is 3. The quantitative estimate of drug-likeness (QED) is 0.130. The highest BCUT2D eigenvalue weighted by Gasteiger charge is 2.15. The van der Waals surface area contributed by atoms with Gasteiger partial charge in [0.05, 0.1) is 16.8 Å². The van der Waals surface area contributed by atoms with Crippen LogP contribution >= 0.6 is 11.3 Å². The van der Waals surface area contributed by atoms with Gasteiger partial charge in [0.25, 0.3) is 0 Å². The van der Waals surface area contributed by atoms with Crippen LogP contribution in [0.5, 0.6) is 5.75 Å². The summed E-state index contributed by atoms with van der Waals surface area (Å²) >= 11 is 1.32. The van der Waals surface area contributed by atoms with Crippen molar-refractivity contribution in [2.75, 3.05) is 0 Å². The first kappa shape index (κ1) is 23.4. The van der Waals surface area contributed by atoms with Gasteiger partial charge in [-0.15, -0.1) is 11.3 Å². The van der Waals surface area contributed by atoms with E-state index in [4.69, 9.17) is 9.15 Å². The van der Waals surface area contributed by atoms with Gasteiger partial charge >= 0.3 is 5.63 Å². The van der Waals surface area contributed by atoms with Gasteiger partial charge in [-0.1, -0.05) is 72.8 Å². The van der Waals surface area contributed by atoms with E-state index in [1.165, 1.54) is 11.3 Å². The van der Waals surface area contributed by atoms with E-state index >= 15 is 0 Å². The van der Waals surface area contributed by atoms with Crippen LogP contribution in [0, 0.1) is 11.3 Å². The van der Waals surface area contributed by atoms with Crippen molar-refractivity contribution < 1.29 is 9.15 Å². The Kier molecular flexibility index (Phi) is 6.27. The molecule has 2 heterocycles. The van der Waals surface area contributed by atoms with Gasteiger partial charge in [0.15, 0.2) is 0 Å². The summed E-state index contributed by atoms with van der Waals surface area (Å²) in [4.78, 5) is 17.4. The normalized spacial score (nSPS) is 11.5. The van der Waals surface area contributed by atoms with Crippen LogP contribution in [0.15, 0.2) is 112 Å². The largest absolute Gasteiger partial charge is 0.489 e. The predicted molar refractivity (Wildman–Crippen MR) is 152 cm³/mol. The highest BCUT2D eigenvalue weighted by Crippen LogP contribution is 2.30. The molecule has 0 amide bonds. The number of allylic oxidation sites excluding steroid dienone is 1. The SMILES string of the molecule is N#C/C(=C/c1ccc(OCc2ccccc2)cc1)c1nc(-c2cc3c(ccc4ccccc43)oc2=O)cs1. The van der Waals surface area contributed by atoms with Crippen molar-refractivity contribution in [3.05, 3.63) is 129 Å². The van der Waals surface area contributed by atoms with Crippen molar-refractivity contribution in [2.45, 2.75) is 6.61 Å². The highest BCUT2D eigenvalue weighted by molar-refractivity contribution is 7.11. The zero-order valence-corrected chi connectivity index (χ0v) is 20.9. The van der Waals surface area contributed by atoms with Crippen molar-refractivity contribution in [2.24, 2.45) is 0 Å². The van der Waals surface area contributed by atoms with E-state index < -0.39 is 5.63 Å². The van der Waals surface area contributed by atoms with Crippen LogP contribution in [0.4, 0.5) is 0 Å². The monoisotopic (exact) mass is 512 g/mol. The molecule has 0 N–H and O–H groups in total. The van der Waals surface area contributed by atoms with Gasteiger partial charge in [-0.25, -0.2) is 9.78 Å². The Bertz CT molecular complexity index is 1900. The second-order valence-corrected chi connectivity index (χ2v) is 9.56. The Morgan fingerprint density at radius 1 is 0.947 bits per heavy atom. The summed E-state index contributed by atoms with van der Waals surface area (Å²) in [6.07, 6.45) is 1.78. The molecule has 38 heavy (non-hydrogen) atoms. The number of hydrogen-bond acceptors (Lipinski definition) is 6. The average Bonchev–Trinajstić information content (AvgIpc) is 3.45. The molecule has 0 saturated heterocycles.